The molecule has 3 aromatic rings. The molecule has 0 aliphatic heterocycles. The molecule has 106 valence electrons. The molecule has 0 atom stereocenters. The molecule has 0 aliphatic carbocycles. The quantitative estimate of drug-likeness (QED) is 0.712. The van der Waals surface area contributed by atoms with E-state index < -0.39 is 0 Å². The number of anilines is 1. The van der Waals surface area contributed by atoms with Crippen LogP contribution in [0.4, 0.5) is 5.69 Å². The van der Waals surface area contributed by atoms with Crippen LogP contribution in [0.5, 0.6) is 5.75 Å². The smallest absolute Gasteiger partial charge is 0.157 e. The van der Waals surface area contributed by atoms with Crippen molar-refractivity contribution < 1.29 is 4.74 Å². The molecule has 1 aromatic heterocycles. The van der Waals surface area contributed by atoms with Gasteiger partial charge in [0.1, 0.15) is 6.61 Å². The minimum atomic E-state index is 0.369. The van der Waals surface area contributed by atoms with Gasteiger partial charge in [-0.05, 0) is 35.9 Å². The fourth-order valence-corrected chi connectivity index (χ4v) is 2.70. The first-order chi connectivity index (χ1) is 10.1. The standard InChI is InChI=1S/C16H12Cl2N2O/c17-13-7-12(19)8-14(18)16(13)21-9-10-3-4-15-11(6-10)2-1-5-20-15/h1-8H,9,19H2. The fourth-order valence-electron chi connectivity index (χ4n) is 2.09. The first kappa shape index (κ1) is 14.0. The van der Waals surface area contributed by atoms with Gasteiger partial charge in [0, 0.05) is 17.3 Å². The molecule has 3 nitrogen and oxygen atoms in total. The second-order valence-electron chi connectivity index (χ2n) is 4.63. The Morgan fingerprint density at radius 3 is 2.57 bits per heavy atom. The Morgan fingerprint density at radius 2 is 1.81 bits per heavy atom. The molecule has 5 heteroatoms. The van der Waals surface area contributed by atoms with E-state index in [9.17, 15) is 0 Å². The Morgan fingerprint density at radius 1 is 1.05 bits per heavy atom. The summed E-state index contributed by atoms with van der Waals surface area (Å²) in [5, 5.41) is 1.87. The van der Waals surface area contributed by atoms with Crippen molar-refractivity contribution in [2.24, 2.45) is 0 Å². The fraction of sp³-hybridized carbons (Fsp3) is 0.0625. The highest BCUT2D eigenvalue weighted by molar-refractivity contribution is 6.37. The van der Waals surface area contributed by atoms with E-state index in [2.05, 4.69) is 4.98 Å². The van der Waals surface area contributed by atoms with Gasteiger partial charge in [-0.15, -0.1) is 0 Å². The lowest BCUT2D eigenvalue weighted by Gasteiger charge is -2.11. The zero-order valence-electron chi connectivity index (χ0n) is 11.0. The van der Waals surface area contributed by atoms with Crippen LogP contribution in [-0.4, -0.2) is 4.98 Å². The predicted octanol–water partition coefficient (Wildman–Crippen LogP) is 4.70. The average molecular weight is 319 g/mol. The van der Waals surface area contributed by atoms with Crippen molar-refractivity contribution in [1.82, 2.24) is 4.98 Å². The van der Waals surface area contributed by atoms with E-state index in [4.69, 9.17) is 33.7 Å². The summed E-state index contributed by atoms with van der Waals surface area (Å²) in [7, 11) is 0. The van der Waals surface area contributed by atoms with Gasteiger partial charge in [0.25, 0.3) is 0 Å². The number of benzene rings is 2. The maximum Gasteiger partial charge on any atom is 0.157 e. The van der Waals surface area contributed by atoms with Crippen LogP contribution in [0.25, 0.3) is 10.9 Å². The molecule has 0 spiro atoms. The van der Waals surface area contributed by atoms with Crippen molar-refractivity contribution in [1.29, 1.82) is 0 Å². The third-order valence-corrected chi connectivity index (χ3v) is 3.63. The monoisotopic (exact) mass is 318 g/mol. The van der Waals surface area contributed by atoms with Crippen molar-refractivity contribution in [3.05, 3.63) is 64.3 Å². The minimum Gasteiger partial charge on any atom is -0.486 e. The molecule has 2 aromatic carbocycles. The number of nitrogens with two attached hydrogens (primary N) is 1. The molecule has 0 amide bonds. The molecule has 0 aliphatic rings. The highest BCUT2D eigenvalue weighted by atomic mass is 35.5. The molecule has 0 unspecified atom stereocenters. The van der Waals surface area contributed by atoms with Crippen LogP contribution in [0, 0.1) is 0 Å². The average Bonchev–Trinajstić information content (AvgIpc) is 2.46. The zero-order chi connectivity index (χ0) is 14.8. The number of aromatic nitrogens is 1. The Labute approximate surface area is 132 Å². The summed E-state index contributed by atoms with van der Waals surface area (Å²) in [6.45, 7) is 0.369. The number of hydrogen-bond acceptors (Lipinski definition) is 3. The number of nitrogens with zero attached hydrogens (tertiary/aromatic N) is 1. The van der Waals surface area contributed by atoms with Gasteiger partial charge in [0.05, 0.1) is 15.6 Å². The maximum atomic E-state index is 6.10. The van der Waals surface area contributed by atoms with Crippen molar-refractivity contribution in [3.8, 4) is 5.75 Å². The van der Waals surface area contributed by atoms with E-state index in [0.29, 0.717) is 28.1 Å². The molecule has 0 bridgehead atoms. The van der Waals surface area contributed by atoms with Crippen molar-refractivity contribution in [2.75, 3.05) is 5.73 Å². The molecule has 3 rings (SSSR count). The van der Waals surface area contributed by atoms with Crippen molar-refractivity contribution in [2.45, 2.75) is 6.61 Å². The molecule has 0 saturated heterocycles. The van der Waals surface area contributed by atoms with Crippen LogP contribution in [-0.2, 0) is 6.61 Å². The van der Waals surface area contributed by atoms with Crippen LogP contribution in [0.3, 0.4) is 0 Å². The highest BCUT2D eigenvalue weighted by Crippen LogP contribution is 2.35. The predicted molar refractivity (Wildman–Crippen MR) is 86.9 cm³/mol. The number of hydrogen-bond donors (Lipinski definition) is 1. The SMILES string of the molecule is Nc1cc(Cl)c(OCc2ccc3ncccc3c2)c(Cl)c1. The van der Waals surface area contributed by atoms with Gasteiger partial charge in [0.2, 0.25) is 0 Å². The summed E-state index contributed by atoms with van der Waals surface area (Å²) >= 11 is 12.2. The summed E-state index contributed by atoms with van der Waals surface area (Å²) in [6.07, 6.45) is 1.77. The third-order valence-electron chi connectivity index (χ3n) is 3.07. The van der Waals surface area contributed by atoms with Gasteiger partial charge in [-0.25, -0.2) is 0 Å². The molecule has 2 N–H and O–H groups in total. The van der Waals surface area contributed by atoms with E-state index in [1.54, 1.807) is 18.3 Å². The topological polar surface area (TPSA) is 48.1 Å². The van der Waals surface area contributed by atoms with Gasteiger partial charge in [-0.3, -0.25) is 4.98 Å². The number of rotatable bonds is 3. The molecular formula is C16H12Cl2N2O. The Kier molecular flexibility index (Phi) is 3.86. The van der Waals surface area contributed by atoms with Gasteiger partial charge in [0.15, 0.2) is 5.75 Å². The maximum absolute atomic E-state index is 6.10. The highest BCUT2D eigenvalue weighted by Gasteiger charge is 2.09. The summed E-state index contributed by atoms with van der Waals surface area (Å²) in [6, 6.07) is 13.1. The molecule has 1 heterocycles. The Hall–Kier alpha value is -1.97. The van der Waals surface area contributed by atoms with Crippen LogP contribution in [0.1, 0.15) is 5.56 Å². The van der Waals surface area contributed by atoms with Crippen LogP contribution in [0.2, 0.25) is 10.0 Å². The van der Waals surface area contributed by atoms with Crippen molar-refractivity contribution >= 4 is 39.8 Å². The van der Waals surface area contributed by atoms with Crippen LogP contribution in [0.15, 0.2) is 48.7 Å². The van der Waals surface area contributed by atoms with Crippen LogP contribution >= 0.6 is 23.2 Å². The van der Waals surface area contributed by atoms with Crippen molar-refractivity contribution in [3.63, 3.8) is 0 Å². The first-order valence-corrected chi connectivity index (χ1v) is 7.10. The summed E-state index contributed by atoms with van der Waals surface area (Å²) in [5.74, 6) is 0.443. The largest absolute Gasteiger partial charge is 0.486 e. The molecular weight excluding hydrogens is 307 g/mol. The lowest BCUT2D eigenvalue weighted by molar-refractivity contribution is 0.307. The molecule has 21 heavy (non-hydrogen) atoms. The van der Waals surface area contributed by atoms with Gasteiger partial charge >= 0.3 is 0 Å². The molecule has 0 radical (unpaired) electrons. The Bertz CT molecular complexity index is 782. The van der Waals surface area contributed by atoms with E-state index in [-0.39, 0.29) is 0 Å². The van der Waals surface area contributed by atoms with E-state index in [0.717, 1.165) is 16.5 Å². The summed E-state index contributed by atoms with van der Waals surface area (Å²) in [5.41, 5.74) is 8.14. The van der Waals surface area contributed by atoms with E-state index in [1.807, 2.05) is 30.3 Å². The number of ether oxygens (including phenoxy) is 1. The summed E-state index contributed by atoms with van der Waals surface area (Å²) < 4.78 is 5.72. The normalized spacial score (nSPS) is 10.8. The Balaban J connectivity index is 1.83. The van der Waals surface area contributed by atoms with Gasteiger partial charge < -0.3 is 10.5 Å². The third kappa shape index (κ3) is 3.04. The van der Waals surface area contributed by atoms with E-state index in [1.165, 1.54) is 0 Å². The second kappa shape index (κ2) is 5.80. The van der Waals surface area contributed by atoms with Gasteiger partial charge in [-0.2, -0.15) is 0 Å². The number of halogens is 2. The number of nitrogen functional groups attached to an aromatic ring is 1. The first-order valence-electron chi connectivity index (χ1n) is 6.34. The van der Waals surface area contributed by atoms with Crippen LogP contribution < -0.4 is 10.5 Å². The second-order valence-corrected chi connectivity index (χ2v) is 5.45. The van der Waals surface area contributed by atoms with E-state index >= 15 is 0 Å². The zero-order valence-corrected chi connectivity index (χ0v) is 12.5. The van der Waals surface area contributed by atoms with Gasteiger partial charge in [-0.1, -0.05) is 35.3 Å². The lowest BCUT2D eigenvalue weighted by atomic mass is 10.1. The minimum absolute atomic E-state index is 0.369. The summed E-state index contributed by atoms with van der Waals surface area (Å²) in [4.78, 5) is 4.28. The number of fused-ring (bicyclic) bond motifs is 1. The number of pyridine rings is 1. The molecule has 0 saturated carbocycles. The lowest BCUT2D eigenvalue weighted by Crippen LogP contribution is -1.98. The molecule has 0 fully saturated rings.